The van der Waals surface area contributed by atoms with Crippen LogP contribution in [0.4, 0.5) is 23.3 Å². The van der Waals surface area contributed by atoms with E-state index >= 15 is 0 Å². The Labute approximate surface area is 786 Å². The third-order valence-corrected chi connectivity index (χ3v) is 30.8. The SMILES string of the molecule is CC[C@@H](C)Nc1cc(C)c(-c2sc(C(=O)NC3CCOCC3)nc2C(=O)N2C3CCC2CC3)cn1.CC[C@@H](C)Nc1cc(C)c(-c2sc(C(=O)N[C@@H]3CO[C@@H](O)C3)nc2C(=O)N2C3CCC2CC3)cn1.Cc1cc(NC(C)C)ncc1-c1sc(C(=O)N[C@@H]2C[C@H]2O)nc1C(=O)N1CCC[C@@H]1C.Cc1cc(NC(C)C)ncc1-c1sc(C(=O)N[C@H]2C[C@@H]2O)nc1C(=O)N1CCC[C@@H]1C. The number of rotatable bonds is 26. The van der Waals surface area contributed by atoms with Crippen molar-refractivity contribution in [3.63, 3.8) is 0 Å². The molecule has 4 bridgehead atoms. The number of amides is 8. The molecule has 132 heavy (non-hydrogen) atoms. The molecule has 8 aliphatic heterocycles. The van der Waals surface area contributed by atoms with E-state index in [1.165, 1.54) is 45.3 Å². The average molecular weight is 1880 g/mol. The predicted octanol–water partition coefficient (Wildman–Crippen LogP) is 13.4. The third kappa shape index (κ3) is 22.4. The van der Waals surface area contributed by atoms with E-state index in [0.29, 0.717) is 112 Å². The number of aliphatic hydroxyl groups is 3. The molecule has 8 amide bonds. The lowest BCUT2D eigenvalue weighted by Crippen LogP contribution is -2.39. The van der Waals surface area contributed by atoms with Crippen molar-refractivity contribution in [2.24, 2.45) is 0 Å². The van der Waals surface area contributed by atoms with Crippen LogP contribution < -0.4 is 42.5 Å². The van der Waals surface area contributed by atoms with Crippen molar-refractivity contribution >= 4 is 116 Å². The van der Waals surface area contributed by atoms with E-state index in [9.17, 15) is 53.7 Å². The number of likely N-dealkylation sites (tertiary alicyclic amines) is 2. The highest BCUT2D eigenvalue weighted by molar-refractivity contribution is 7.18. The van der Waals surface area contributed by atoms with Crippen LogP contribution in [0.15, 0.2) is 49.1 Å². The number of hydrogen-bond donors (Lipinski definition) is 11. The molecule has 708 valence electrons. The van der Waals surface area contributed by atoms with Gasteiger partial charge in [0, 0.05) is 146 Å². The Balaban J connectivity index is 0.000000135. The molecule has 0 aromatic carbocycles. The highest BCUT2D eigenvalue weighted by Gasteiger charge is 2.47. The van der Waals surface area contributed by atoms with Gasteiger partial charge in [-0.05, 0) is 245 Å². The fraction of sp³-hybridized carbons (Fsp3) is 0.579. The molecule has 11 N–H and O–H groups in total. The fourth-order valence-electron chi connectivity index (χ4n) is 18.4. The van der Waals surface area contributed by atoms with Crippen molar-refractivity contribution in [2.45, 2.75) is 322 Å². The van der Waals surface area contributed by atoms with Crippen LogP contribution in [0.3, 0.4) is 0 Å². The van der Waals surface area contributed by atoms with Crippen molar-refractivity contribution in [1.29, 1.82) is 0 Å². The first-order valence-corrected chi connectivity index (χ1v) is 50.2. The minimum Gasteiger partial charge on any atom is -0.391 e. The van der Waals surface area contributed by atoms with Gasteiger partial charge < -0.3 is 86.9 Å². The molecule has 8 saturated heterocycles. The molecule has 2 saturated carbocycles. The summed E-state index contributed by atoms with van der Waals surface area (Å²) in [6, 6.07) is 9.74. The number of carbonyl (C=O) groups excluding carboxylic acids is 8. The van der Waals surface area contributed by atoms with Crippen LogP contribution in [0.2, 0.25) is 0 Å². The molecule has 8 aromatic heterocycles. The van der Waals surface area contributed by atoms with Gasteiger partial charge in [0.05, 0.1) is 56.4 Å². The maximum atomic E-state index is 13.8. The Bertz CT molecular complexity index is 5200. The lowest BCUT2D eigenvalue weighted by Gasteiger charge is -2.22. The smallest absolute Gasteiger partial charge is 0.280 e. The van der Waals surface area contributed by atoms with E-state index in [2.05, 4.69) is 110 Å². The summed E-state index contributed by atoms with van der Waals surface area (Å²) in [5, 5.41) is 54.6. The van der Waals surface area contributed by atoms with Gasteiger partial charge in [-0.2, -0.15) is 0 Å². The molecule has 8 aromatic rings. The number of anilines is 4. The van der Waals surface area contributed by atoms with Crippen molar-refractivity contribution in [3.8, 4) is 41.8 Å². The second kappa shape index (κ2) is 42.2. The first-order valence-electron chi connectivity index (χ1n) is 47.0. The number of carbonyl (C=O) groups is 8. The zero-order valence-corrected chi connectivity index (χ0v) is 81.1. The van der Waals surface area contributed by atoms with E-state index < -0.39 is 18.5 Å². The van der Waals surface area contributed by atoms with Gasteiger partial charge in [0.15, 0.2) is 26.3 Å². The fourth-order valence-corrected chi connectivity index (χ4v) is 22.6. The van der Waals surface area contributed by atoms with Crippen LogP contribution in [0, 0.1) is 27.7 Å². The maximum absolute atomic E-state index is 13.8. The summed E-state index contributed by atoms with van der Waals surface area (Å²) < 4.78 is 10.6. The molecule has 37 heteroatoms. The number of thiazole rings is 4. The Morgan fingerprint density at radius 2 is 0.720 bits per heavy atom. The van der Waals surface area contributed by atoms with Crippen molar-refractivity contribution < 1.29 is 63.1 Å². The van der Waals surface area contributed by atoms with Crippen LogP contribution in [0.25, 0.3) is 41.8 Å². The zero-order valence-electron chi connectivity index (χ0n) is 77.8. The van der Waals surface area contributed by atoms with E-state index in [-0.39, 0.29) is 129 Å². The predicted molar refractivity (Wildman–Crippen MR) is 511 cm³/mol. The van der Waals surface area contributed by atoms with Gasteiger partial charge in [-0.25, -0.2) is 39.9 Å². The lowest BCUT2D eigenvalue weighted by molar-refractivity contribution is -0.0590. The summed E-state index contributed by atoms with van der Waals surface area (Å²) in [5.41, 5.74) is 8.46. The van der Waals surface area contributed by atoms with Gasteiger partial charge in [-0.1, -0.05) is 13.8 Å². The van der Waals surface area contributed by atoms with Crippen LogP contribution in [-0.4, -0.2) is 258 Å². The van der Waals surface area contributed by atoms with Crippen LogP contribution in [0.5, 0.6) is 0 Å². The summed E-state index contributed by atoms with van der Waals surface area (Å²) in [6.07, 6.45) is 22.4. The zero-order chi connectivity index (χ0) is 93.8. The molecule has 18 rings (SSSR count). The van der Waals surface area contributed by atoms with Gasteiger partial charge in [0.2, 0.25) is 0 Å². The van der Waals surface area contributed by atoms with E-state index in [4.69, 9.17) is 9.47 Å². The molecule has 16 heterocycles. The number of fused-ring (bicyclic) bond motifs is 4. The van der Waals surface area contributed by atoms with Gasteiger partial charge in [-0.3, -0.25) is 38.4 Å². The normalized spacial score (nSPS) is 23.7. The van der Waals surface area contributed by atoms with Gasteiger partial charge >= 0.3 is 0 Å². The Hall–Kier alpha value is -10.1. The van der Waals surface area contributed by atoms with Gasteiger partial charge in [-0.15, -0.1) is 45.3 Å². The average Bonchev–Trinajstić information content (AvgIpc) is 1.61. The number of ether oxygens (including phenoxy) is 2. The second-order valence-electron chi connectivity index (χ2n) is 37.5. The number of nitrogens with one attached hydrogen (secondary N) is 8. The molecule has 10 fully saturated rings. The summed E-state index contributed by atoms with van der Waals surface area (Å²) in [4.78, 5) is 153. The van der Waals surface area contributed by atoms with E-state index in [0.717, 1.165) is 175 Å². The Morgan fingerprint density at radius 3 is 0.992 bits per heavy atom. The van der Waals surface area contributed by atoms with Gasteiger partial charge in [0.25, 0.3) is 47.3 Å². The Kier molecular flexibility index (Phi) is 30.8. The molecule has 10 atom stereocenters. The lowest BCUT2D eigenvalue weighted by atomic mass is 10.0. The summed E-state index contributed by atoms with van der Waals surface area (Å²) in [7, 11) is 0. The molecular formula is C95H126N20O13S4. The number of hydrogen-bond acceptors (Lipinski definition) is 29. The summed E-state index contributed by atoms with van der Waals surface area (Å²) in [5.74, 6) is 1.40. The Morgan fingerprint density at radius 1 is 0.417 bits per heavy atom. The number of aliphatic hydroxyl groups excluding tert-OH is 3. The van der Waals surface area contributed by atoms with Crippen molar-refractivity contribution in [2.75, 3.05) is 54.2 Å². The highest BCUT2D eigenvalue weighted by atomic mass is 32.1. The molecule has 0 radical (unpaired) electrons. The van der Waals surface area contributed by atoms with Crippen molar-refractivity contribution in [1.82, 2.24) is 80.7 Å². The second-order valence-corrected chi connectivity index (χ2v) is 41.5. The van der Waals surface area contributed by atoms with Crippen LogP contribution >= 0.6 is 45.3 Å². The standard InChI is InChI=1S/C26H35N5O3S.C25H33N5O4S.2C22H29N5O3S/c1-4-16(3)28-21-13-15(2)20(14-27-21)23-22(26(33)31-18-5-6-19(31)8-7-18)30-25(35-23)24(32)29-17-9-11-34-12-10-17;1-4-14(3)27-19-9-13(2)18(11-26-19)22-21(25(33)30-16-5-6-17(30)8-7-16)29-24(35-22)23(32)28-15-10-20(31)34-12-15;2*1-11(2)24-17-8-12(3)14(10-23-17)19-18(22(30)27-7-5-6-13(27)4)26-21(31-19)20(29)25-15-9-16(15)28/h13-14,16-19H,4-12H2,1-3H3,(H,27,28)(H,29,32);9,11,14-17,20,31H,4-8,10,12H2,1-3H3,(H,26,27)(H,28,32);2*8,10-11,13,15-16,28H,5-7,9H2,1-4H3,(H,23,24)(H,25,29)/t16-,18?,19?;14-,15+,16?,17?,20-;13-,15+,16+;13-,15-,16-/m1100/s1. The minimum atomic E-state index is -0.869. The largest absolute Gasteiger partial charge is 0.391 e. The molecule has 0 spiro atoms. The highest BCUT2D eigenvalue weighted by Crippen LogP contribution is 2.45. The first kappa shape index (κ1) is 96.5. The van der Waals surface area contributed by atoms with E-state index in [1.54, 1.807) is 18.6 Å². The first-order chi connectivity index (χ1) is 63.3. The van der Waals surface area contributed by atoms with Crippen LogP contribution in [-0.2, 0) is 9.47 Å². The number of aryl methyl sites for hydroxylation is 4. The molecule has 2 aliphatic carbocycles. The number of nitrogens with zero attached hydrogens (tertiary/aromatic N) is 12. The number of pyridine rings is 4. The molecular weight excluding hydrogens is 1760 g/mol. The quantitative estimate of drug-likeness (QED) is 0.0240. The molecule has 0 unspecified atom stereocenters. The monoisotopic (exact) mass is 1880 g/mol. The maximum Gasteiger partial charge on any atom is 0.280 e. The van der Waals surface area contributed by atoms with Gasteiger partial charge in [0.1, 0.15) is 46.0 Å². The van der Waals surface area contributed by atoms with E-state index in [1.807, 2.05) is 119 Å². The summed E-state index contributed by atoms with van der Waals surface area (Å²) in [6.45, 7) is 31.6. The van der Waals surface area contributed by atoms with Crippen LogP contribution in [0.1, 0.15) is 295 Å². The minimum absolute atomic E-state index is 0.0485. The summed E-state index contributed by atoms with van der Waals surface area (Å²) >= 11 is 4.92. The number of aromatic nitrogens is 8. The third-order valence-electron chi connectivity index (χ3n) is 26.4. The topological polar surface area (TPSA) is 428 Å². The molecule has 33 nitrogen and oxygen atoms in total. The van der Waals surface area contributed by atoms with Crippen molar-refractivity contribution in [3.05, 3.63) is 114 Å². The molecule has 10 aliphatic rings.